The largest absolute Gasteiger partial charge is 0.330 e. The third-order valence-electron chi connectivity index (χ3n) is 3.01. The van der Waals surface area contributed by atoms with Crippen molar-refractivity contribution in [2.24, 2.45) is 5.73 Å². The van der Waals surface area contributed by atoms with E-state index in [9.17, 15) is 8.42 Å². The van der Waals surface area contributed by atoms with Gasteiger partial charge in [-0.1, -0.05) is 30.3 Å². The molecular weight excluding hydrogens is 260 g/mol. The second-order valence-corrected chi connectivity index (χ2v) is 6.94. The smallest absolute Gasteiger partial charge is 0.214 e. The van der Waals surface area contributed by atoms with Gasteiger partial charge in [-0.15, -0.1) is 0 Å². The molecule has 5 heteroatoms. The van der Waals surface area contributed by atoms with Gasteiger partial charge in [0.25, 0.3) is 0 Å². The molecule has 0 amide bonds. The van der Waals surface area contributed by atoms with Crippen LogP contribution in [-0.4, -0.2) is 37.6 Å². The van der Waals surface area contributed by atoms with E-state index in [0.717, 1.165) is 5.56 Å². The van der Waals surface area contributed by atoms with E-state index in [-0.39, 0.29) is 11.8 Å². The highest BCUT2D eigenvalue weighted by Crippen LogP contribution is 2.11. The van der Waals surface area contributed by atoms with Gasteiger partial charge in [0.15, 0.2) is 0 Å². The lowest BCUT2D eigenvalue weighted by Crippen LogP contribution is -2.40. The lowest BCUT2D eigenvalue weighted by molar-refractivity contribution is 0.351. The summed E-state index contributed by atoms with van der Waals surface area (Å²) in [6.45, 7) is 4.82. The van der Waals surface area contributed by atoms with Gasteiger partial charge in [-0.25, -0.2) is 8.42 Å². The molecule has 1 aromatic carbocycles. The first-order chi connectivity index (χ1) is 8.97. The van der Waals surface area contributed by atoms with E-state index in [1.165, 1.54) is 0 Å². The Morgan fingerprint density at radius 2 is 1.84 bits per heavy atom. The van der Waals surface area contributed by atoms with Gasteiger partial charge in [-0.3, -0.25) is 0 Å². The summed E-state index contributed by atoms with van der Waals surface area (Å²) in [5.74, 6) is 0.153. The molecule has 0 unspecified atom stereocenters. The van der Waals surface area contributed by atoms with Gasteiger partial charge >= 0.3 is 0 Å². The van der Waals surface area contributed by atoms with Crippen LogP contribution in [0.2, 0.25) is 0 Å². The summed E-state index contributed by atoms with van der Waals surface area (Å²) < 4.78 is 26.2. The minimum Gasteiger partial charge on any atom is -0.330 e. The third kappa shape index (κ3) is 5.30. The molecule has 2 N–H and O–H groups in total. The number of sulfonamides is 1. The van der Waals surface area contributed by atoms with Gasteiger partial charge in [0.05, 0.1) is 5.75 Å². The van der Waals surface area contributed by atoms with Crippen LogP contribution >= 0.6 is 0 Å². The molecule has 0 saturated heterocycles. The molecule has 0 spiro atoms. The van der Waals surface area contributed by atoms with Crippen LogP contribution in [-0.2, 0) is 16.4 Å². The predicted octanol–water partition coefficient (Wildman–Crippen LogP) is 1.62. The Balaban J connectivity index is 2.67. The molecule has 1 rings (SSSR count). The minimum atomic E-state index is -3.21. The number of nitrogens with zero attached hydrogens (tertiary/aromatic N) is 1. The van der Waals surface area contributed by atoms with Crippen LogP contribution in [0.1, 0.15) is 25.8 Å². The highest BCUT2D eigenvalue weighted by molar-refractivity contribution is 7.89. The van der Waals surface area contributed by atoms with Crippen molar-refractivity contribution in [2.45, 2.75) is 32.7 Å². The molecule has 0 bridgehead atoms. The van der Waals surface area contributed by atoms with Crippen molar-refractivity contribution < 1.29 is 8.42 Å². The fraction of sp³-hybridized carbons (Fsp3) is 0.571. The van der Waals surface area contributed by atoms with Crippen LogP contribution in [0.15, 0.2) is 30.3 Å². The first kappa shape index (κ1) is 16.1. The highest BCUT2D eigenvalue weighted by Gasteiger charge is 2.23. The van der Waals surface area contributed by atoms with Crippen molar-refractivity contribution in [1.29, 1.82) is 0 Å². The fourth-order valence-electron chi connectivity index (χ4n) is 1.97. The predicted molar refractivity (Wildman–Crippen MR) is 79.4 cm³/mol. The summed E-state index contributed by atoms with van der Waals surface area (Å²) >= 11 is 0. The molecule has 0 saturated carbocycles. The van der Waals surface area contributed by atoms with Gasteiger partial charge in [0, 0.05) is 12.6 Å². The van der Waals surface area contributed by atoms with Crippen molar-refractivity contribution in [3.63, 3.8) is 0 Å². The molecule has 1 aromatic rings. The Bertz CT molecular complexity index is 458. The molecule has 0 atom stereocenters. The zero-order valence-corrected chi connectivity index (χ0v) is 12.6. The zero-order valence-electron chi connectivity index (χ0n) is 11.7. The summed E-state index contributed by atoms with van der Waals surface area (Å²) in [6.07, 6.45) is 1.25. The maximum absolute atomic E-state index is 12.3. The minimum absolute atomic E-state index is 0.0210. The Morgan fingerprint density at radius 3 is 2.37 bits per heavy atom. The Kier molecular flexibility index (Phi) is 6.48. The Labute approximate surface area is 116 Å². The summed E-state index contributed by atoms with van der Waals surface area (Å²) in [5.41, 5.74) is 6.51. The van der Waals surface area contributed by atoms with Gasteiger partial charge < -0.3 is 5.73 Å². The zero-order chi connectivity index (χ0) is 14.3. The maximum Gasteiger partial charge on any atom is 0.214 e. The molecule has 108 valence electrons. The quantitative estimate of drug-likeness (QED) is 0.789. The molecule has 0 radical (unpaired) electrons. The number of hydrogen-bond acceptors (Lipinski definition) is 3. The summed E-state index contributed by atoms with van der Waals surface area (Å²) in [5, 5.41) is 0. The third-order valence-corrected chi connectivity index (χ3v) is 5.05. The van der Waals surface area contributed by atoms with Crippen molar-refractivity contribution in [2.75, 3.05) is 18.8 Å². The average molecular weight is 284 g/mol. The summed E-state index contributed by atoms with van der Waals surface area (Å²) in [7, 11) is -3.21. The first-order valence-electron chi connectivity index (χ1n) is 6.71. The van der Waals surface area contributed by atoms with Gasteiger partial charge in [-0.05, 0) is 38.8 Å². The van der Waals surface area contributed by atoms with E-state index in [0.29, 0.717) is 25.9 Å². The highest BCUT2D eigenvalue weighted by atomic mass is 32.2. The second kappa shape index (κ2) is 7.62. The van der Waals surface area contributed by atoms with Crippen molar-refractivity contribution in [1.82, 2.24) is 4.31 Å². The molecule has 0 fully saturated rings. The summed E-state index contributed by atoms with van der Waals surface area (Å²) in [6, 6.07) is 9.67. The first-order valence-corrected chi connectivity index (χ1v) is 8.32. The number of hydrogen-bond donors (Lipinski definition) is 1. The summed E-state index contributed by atoms with van der Waals surface area (Å²) in [4.78, 5) is 0. The Morgan fingerprint density at radius 1 is 1.21 bits per heavy atom. The van der Waals surface area contributed by atoms with Crippen LogP contribution in [0, 0.1) is 0 Å². The van der Waals surface area contributed by atoms with Crippen LogP contribution < -0.4 is 5.73 Å². The molecule has 0 aliphatic carbocycles. The van der Waals surface area contributed by atoms with E-state index in [1.807, 2.05) is 44.2 Å². The molecule has 0 aromatic heterocycles. The van der Waals surface area contributed by atoms with E-state index in [2.05, 4.69) is 0 Å². The Hall–Kier alpha value is -0.910. The molecule has 4 nitrogen and oxygen atoms in total. The van der Waals surface area contributed by atoms with Crippen LogP contribution in [0.25, 0.3) is 0 Å². The van der Waals surface area contributed by atoms with Crippen LogP contribution in [0.5, 0.6) is 0 Å². The van der Waals surface area contributed by atoms with E-state index < -0.39 is 10.0 Å². The number of benzene rings is 1. The molecular formula is C14H24N2O2S. The van der Waals surface area contributed by atoms with Crippen LogP contribution in [0.3, 0.4) is 0 Å². The van der Waals surface area contributed by atoms with E-state index in [1.54, 1.807) is 4.31 Å². The molecule has 0 aliphatic heterocycles. The van der Waals surface area contributed by atoms with E-state index >= 15 is 0 Å². The number of aryl methyl sites for hydroxylation is 1. The molecule has 0 aliphatic rings. The lowest BCUT2D eigenvalue weighted by Gasteiger charge is -2.25. The number of rotatable bonds is 8. The average Bonchev–Trinajstić information content (AvgIpc) is 2.37. The SMILES string of the molecule is CC(C)N(CCCN)S(=O)(=O)CCc1ccccc1. The topological polar surface area (TPSA) is 63.4 Å². The maximum atomic E-state index is 12.3. The van der Waals surface area contributed by atoms with Crippen molar-refractivity contribution in [3.8, 4) is 0 Å². The van der Waals surface area contributed by atoms with Gasteiger partial charge in [-0.2, -0.15) is 4.31 Å². The second-order valence-electron chi connectivity index (χ2n) is 4.90. The molecule has 19 heavy (non-hydrogen) atoms. The monoisotopic (exact) mass is 284 g/mol. The molecule has 0 heterocycles. The van der Waals surface area contributed by atoms with Crippen LogP contribution in [0.4, 0.5) is 0 Å². The number of nitrogens with two attached hydrogens (primary N) is 1. The van der Waals surface area contributed by atoms with Crippen molar-refractivity contribution in [3.05, 3.63) is 35.9 Å². The van der Waals surface area contributed by atoms with Gasteiger partial charge in [0.2, 0.25) is 10.0 Å². The normalized spacial score (nSPS) is 12.3. The fourth-order valence-corrected chi connectivity index (χ4v) is 3.75. The van der Waals surface area contributed by atoms with Crippen molar-refractivity contribution >= 4 is 10.0 Å². The van der Waals surface area contributed by atoms with Gasteiger partial charge in [0.1, 0.15) is 0 Å². The lowest BCUT2D eigenvalue weighted by atomic mass is 10.2. The van der Waals surface area contributed by atoms with E-state index in [4.69, 9.17) is 5.73 Å². The standard InChI is InChI=1S/C14H24N2O2S/c1-13(2)16(11-6-10-15)19(17,18)12-9-14-7-4-3-5-8-14/h3-5,7-8,13H,6,9-12,15H2,1-2H3.